The highest BCUT2D eigenvalue weighted by atomic mass is 19.3. The third-order valence-electron chi connectivity index (χ3n) is 6.99. The van der Waals surface area contributed by atoms with Gasteiger partial charge in [0.15, 0.2) is 0 Å². The van der Waals surface area contributed by atoms with Crippen molar-refractivity contribution in [1.82, 2.24) is 9.80 Å². The number of aliphatic imine (C=N–C) groups is 1. The number of fused-ring (bicyclic) bond motifs is 1. The SMILES string of the molecule is NC(=NC(=O)[C@@H]1Cc2ccccc2CN1C(=O)C[C@H](N)CN1CC(F)(F)CCC1=O)C1CCC1. The van der Waals surface area contributed by atoms with Crippen LogP contribution in [0.3, 0.4) is 0 Å². The van der Waals surface area contributed by atoms with Crippen molar-refractivity contribution in [3.8, 4) is 0 Å². The highest BCUT2D eigenvalue weighted by molar-refractivity contribution is 5.99. The summed E-state index contributed by atoms with van der Waals surface area (Å²) in [6, 6.07) is 5.92. The van der Waals surface area contributed by atoms with Crippen LogP contribution in [0.1, 0.15) is 49.7 Å². The van der Waals surface area contributed by atoms with Crippen LogP contribution in [0.5, 0.6) is 0 Å². The first-order valence-corrected chi connectivity index (χ1v) is 11.8. The average molecular weight is 476 g/mol. The van der Waals surface area contributed by atoms with Gasteiger partial charge in [0.05, 0.1) is 6.54 Å². The van der Waals surface area contributed by atoms with Crippen LogP contribution >= 0.6 is 0 Å². The second kappa shape index (κ2) is 9.77. The van der Waals surface area contributed by atoms with Crippen molar-refractivity contribution in [2.75, 3.05) is 13.1 Å². The number of amides is 3. The zero-order valence-corrected chi connectivity index (χ0v) is 19.1. The van der Waals surface area contributed by atoms with Crippen molar-refractivity contribution in [2.45, 2.75) is 69.5 Å². The maximum atomic E-state index is 13.7. The number of piperidine rings is 1. The monoisotopic (exact) mass is 475 g/mol. The second-order valence-corrected chi connectivity index (χ2v) is 9.61. The first-order valence-electron chi connectivity index (χ1n) is 11.8. The first-order chi connectivity index (χ1) is 16.1. The Labute approximate surface area is 197 Å². The Morgan fingerprint density at radius 1 is 1.21 bits per heavy atom. The van der Waals surface area contributed by atoms with E-state index in [1.807, 2.05) is 24.3 Å². The smallest absolute Gasteiger partial charge is 0.270 e. The van der Waals surface area contributed by atoms with Gasteiger partial charge in [0.1, 0.15) is 11.9 Å². The van der Waals surface area contributed by atoms with E-state index in [1.165, 1.54) is 4.90 Å². The Bertz CT molecular complexity index is 995. The molecule has 184 valence electrons. The minimum atomic E-state index is -2.95. The number of benzene rings is 1. The Balaban J connectivity index is 1.47. The number of nitrogens with two attached hydrogens (primary N) is 2. The van der Waals surface area contributed by atoms with Crippen molar-refractivity contribution in [2.24, 2.45) is 22.4 Å². The van der Waals surface area contributed by atoms with Gasteiger partial charge in [-0.25, -0.2) is 8.78 Å². The van der Waals surface area contributed by atoms with Gasteiger partial charge in [0.2, 0.25) is 11.8 Å². The van der Waals surface area contributed by atoms with E-state index in [9.17, 15) is 23.2 Å². The van der Waals surface area contributed by atoms with Crippen LogP contribution in [-0.4, -0.2) is 64.5 Å². The average Bonchev–Trinajstić information content (AvgIpc) is 2.73. The molecule has 1 saturated carbocycles. The van der Waals surface area contributed by atoms with E-state index in [2.05, 4.69) is 4.99 Å². The lowest BCUT2D eigenvalue weighted by Gasteiger charge is -2.37. The van der Waals surface area contributed by atoms with Gasteiger partial charge in [0.25, 0.3) is 11.8 Å². The van der Waals surface area contributed by atoms with E-state index in [-0.39, 0.29) is 37.8 Å². The van der Waals surface area contributed by atoms with Gasteiger partial charge in [-0.15, -0.1) is 0 Å². The molecule has 2 fully saturated rings. The summed E-state index contributed by atoms with van der Waals surface area (Å²) in [6.45, 7) is -0.616. The molecule has 0 unspecified atom stereocenters. The highest BCUT2D eigenvalue weighted by Crippen LogP contribution is 2.29. The molecule has 2 aliphatic heterocycles. The van der Waals surface area contributed by atoms with Gasteiger partial charge in [-0.1, -0.05) is 30.7 Å². The summed E-state index contributed by atoms with van der Waals surface area (Å²) in [4.78, 5) is 44.9. The molecular weight excluding hydrogens is 444 g/mol. The lowest BCUT2D eigenvalue weighted by Crippen LogP contribution is -2.53. The number of amidine groups is 1. The molecule has 34 heavy (non-hydrogen) atoms. The summed E-state index contributed by atoms with van der Waals surface area (Å²) >= 11 is 0. The normalized spacial score (nSPS) is 23.8. The summed E-state index contributed by atoms with van der Waals surface area (Å²) in [5.74, 6) is -3.78. The molecule has 3 amide bonds. The van der Waals surface area contributed by atoms with E-state index in [0.29, 0.717) is 12.3 Å². The van der Waals surface area contributed by atoms with Crippen molar-refractivity contribution < 1.29 is 23.2 Å². The molecule has 0 spiro atoms. The number of halogens is 2. The van der Waals surface area contributed by atoms with Crippen molar-refractivity contribution in [1.29, 1.82) is 0 Å². The van der Waals surface area contributed by atoms with E-state index in [0.717, 1.165) is 35.3 Å². The fourth-order valence-corrected chi connectivity index (χ4v) is 4.75. The van der Waals surface area contributed by atoms with Gasteiger partial charge in [-0.05, 0) is 24.0 Å². The van der Waals surface area contributed by atoms with Gasteiger partial charge in [0, 0.05) is 50.7 Å². The maximum Gasteiger partial charge on any atom is 0.270 e. The van der Waals surface area contributed by atoms with E-state index in [1.54, 1.807) is 0 Å². The predicted molar refractivity (Wildman–Crippen MR) is 122 cm³/mol. The summed E-state index contributed by atoms with van der Waals surface area (Å²) in [6.07, 6.45) is 2.28. The largest absolute Gasteiger partial charge is 0.387 e. The number of hydrogen-bond donors (Lipinski definition) is 2. The molecule has 2 heterocycles. The Morgan fingerprint density at radius 2 is 1.91 bits per heavy atom. The number of hydrogen-bond acceptors (Lipinski definition) is 4. The Kier molecular flexibility index (Phi) is 6.97. The molecule has 4 N–H and O–H groups in total. The van der Waals surface area contributed by atoms with Crippen LogP contribution in [0.15, 0.2) is 29.3 Å². The van der Waals surface area contributed by atoms with E-state index < -0.39 is 42.8 Å². The quantitative estimate of drug-likeness (QED) is 0.478. The third kappa shape index (κ3) is 5.43. The summed E-state index contributed by atoms with van der Waals surface area (Å²) in [5.41, 5.74) is 14.0. The lowest BCUT2D eigenvalue weighted by molar-refractivity contribution is -0.148. The topological polar surface area (TPSA) is 122 Å². The molecule has 1 aromatic rings. The summed E-state index contributed by atoms with van der Waals surface area (Å²) in [7, 11) is 0. The molecule has 1 aromatic carbocycles. The molecule has 0 radical (unpaired) electrons. The molecule has 3 aliphatic rings. The predicted octanol–water partition coefficient (Wildman–Crippen LogP) is 1.60. The van der Waals surface area contributed by atoms with Crippen LogP contribution in [0, 0.1) is 5.92 Å². The van der Waals surface area contributed by atoms with Crippen molar-refractivity contribution >= 4 is 23.6 Å². The van der Waals surface area contributed by atoms with Crippen LogP contribution in [0.25, 0.3) is 0 Å². The van der Waals surface area contributed by atoms with E-state index >= 15 is 0 Å². The number of carbonyl (C=O) groups excluding carboxylic acids is 3. The minimum Gasteiger partial charge on any atom is -0.387 e. The Hall–Kier alpha value is -2.88. The van der Waals surface area contributed by atoms with Gasteiger partial charge >= 0.3 is 0 Å². The van der Waals surface area contributed by atoms with Gasteiger partial charge < -0.3 is 21.3 Å². The first kappa shape index (κ1) is 24.3. The van der Waals surface area contributed by atoms with Crippen LogP contribution in [0.4, 0.5) is 8.78 Å². The Morgan fingerprint density at radius 3 is 2.59 bits per heavy atom. The molecule has 1 aliphatic carbocycles. The van der Waals surface area contributed by atoms with Crippen LogP contribution in [0.2, 0.25) is 0 Å². The lowest BCUT2D eigenvalue weighted by atomic mass is 9.84. The zero-order chi connectivity index (χ0) is 24.5. The molecule has 4 rings (SSSR count). The summed E-state index contributed by atoms with van der Waals surface area (Å²) in [5, 5.41) is 0. The summed E-state index contributed by atoms with van der Waals surface area (Å²) < 4.78 is 27.5. The highest BCUT2D eigenvalue weighted by Gasteiger charge is 2.40. The third-order valence-corrected chi connectivity index (χ3v) is 6.99. The van der Waals surface area contributed by atoms with E-state index in [4.69, 9.17) is 11.5 Å². The molecular formula is C24H31F2N5O3. The minimum absolute atomic E-state index is 0.109. The molecule has 0 bridgehead atoms. The molecule has 10 heteroatoms. The van der Waals surface area contributed by atoms with Crippen molar-refractivity contribution in [3.05, 3.63) is 35.4 Å². The van der Waals surface area contributed by atoms with Gasteiger partial charge in [-0.3, -0.25) is 14.4 Å². The molecule has 2 atom stereocenters. The van der Waals surface area contributed by atoms with Crippen molar-refractivity contribution in [3.63, 3.8) is 0 Å². The number of likely N-dealkylation sites (tertiary alicyclic amines) is 1. The number of rotatable bonds is 6. The number of alkyl halides is 2. The molecule has 8 nitrogen and oxygen atoms in total. The molecule has 1 saturated heterocycles. The molecule has 0 aromatic heterocycles. The van der Waals surface area contributed by atoms with Gasteiger partial charge in [-0.2, -0.15) is 4.99 Å². The fraction of sp³-hybridized carbons (Fsp3) is 0.583. The van der Waals surface area contributed by atoms with Crippen LogP contribution < -0.4 is 11.5 Å². The number of carbonyl (C=O) groups is 3. The zero-order valence-electron chi connectivity index (χ0n) is 19.1. The number of nitrogens with zero attached hydrogens (tertiary/aromatic N) is 3. The van der Waals surface area contributed by atoms with Crippen LogP contribution in [-0.2, 0) is 27.3 Å². The second-order valence-electron chi connectivity index (χ2n) is 9.61. The maximum absolute atomic E-state index is 13.7. The fourth-order valence-electron chi connectivity index (χ4n) is 4.75. The standard InChI is InChI=1S/C24H31F2N5O3/c25-24(26)9-8-20(32)30(14-24)13-18(27)11-21(33)31-12-17-5-2-1-4-16(17)10-19(31)23(34)29-22(28)15-6-3-7-15/h1-2,4-5,15,18-19H,3,6-14,27H2,(H2,28,29,34)/t18-,19-/m0/s1.